The molecule has 0 heterocycles. The fraction of sp³-hybridized carbons (Fsp3) is 0.214. The van der Waals surface area contributed by atoms with Crippen molar-refractivity contribution in [2.24, 2.45) is 0 Å². The van der Waals surface area contributed by atoms with E-state index in [1.807, 2.05) is 18.2 Å². The Bertz CT molecular complexity index is 363. The van der Waals surface area contributed by atoms with Gasteiger partial charge in [0, 0.05) is 0 Å². The maximum Gasteiger partial charge on any atom is 0.338 e. The molecule has 0 fully saturated rings. The lowest BCUT2D eigenvalue weighted by Crippen LogP contribution is -2.06. The van der Waals surface area contributed by atoms with E-state index in [0.29, 0.717) is 12.2 Å². The number of carbonyl (C=O) groups excluding carboxylic acids is 1. The van der Waals surface area contributed by atoms with Crippen LogP contribution in [0.25, 0.3) is 6.08 Å². The Hall–Kier alpha value is -1.83. The monoisotopic (exact) mass is 216 g/mol. The Labute approximate surface area is 96.2 Å². The number of hydrogen-bond acceptors (Lipinski definition) is 2. The first kappa shape index (κ1) is 12.2. The van der Waals surface area contributed by atoms with Gasteiger partial charge < -0.3 is 4.74 Å². The molecule has 0 atom stereocenters. The van der Waals surface area contributed by atoms with E-state index in [9.17, 15) is 4.79 Å². The molecule has 0 saturated heterocycles. The fourth-order valence-corrected chi connectivity index (χ4v) is 1.23. The summed E-state index contributed by atoms with van der Waals surface area (Å²) in [6.07, 6.45) is 5.23. The molecule has 0 radical (unpaired) electrons. The smallest absolute Gasteiger partial charge is 0.338 e. The van der Waals surface area contributed by atoms with Crippen LogP contribution < -0.4 is 0 Å². The predicted octanol–water partition coefficient (Wildman–Crippen LogP) is 3.45. The van der Waals surface area contributed by atoms with E-state index in [2.05, 4.69) is 13.2 Å². The maximum absolute atomic E-state index is 11.5. The van der Waals surface area contributed by atoms with Crippen molar-refractivity contribution in [3.05, 3.63) is 54.6 Å². The van der Waals surface area contributed by atoms with E-state index in [1.165, 1.54) is 0 Å². The van der Waals surface area contributed by atoms with Crippen LogP contribution >= 0.6 is 0 Å². The zero-order valence-corrected chi connectivity index (χ0v) is 9.32. The molecule has 0 bridgehead atoms. The third kappa shape index (κ3) is 3.73. The van der Waals surface area contributed by atoms with Gasteiger partial charge in [0.15, 0.2) is 0 Å². The van der Waals surface area contributed by atoms with E-state index < -0.39 is 0 Å². The van der Waals surface area contributed by atoms with Crippen LogP contribution in [0.3, 0.4) is 0 Å². The number of carbonyl (C=O) groups is 1. The second kappa shape index (κ2) is 6.62. The van der Waals surface area contributed by atoms with Crippen LogP contribution in [0.15, 0.2) is 43.5 Å². The van der Waals surface area contributed by atoms with Crippen LogP contribution in [0.1, 0.15) is 28.8 Å². The number of unbranched alkanes of at least 4 members (excludes halogenated alkanes) is 1. The summed E-state index contributed by atoms with van der Waals surface area (Å²) in [7, 11) is 0. The van der Waals surface area contributed by atoms with Gasteiger partial charge >= 0.3 is 5.97 Å². The molecular weight excluding hydrogens is 200 g/mol. The highest BCUT2D eigenvalue weighted by atomic mass is 16.5. The van der Waals surface area contributed by atoms with Crippen LogP contribution in [0.5, 0.6) is 0 Å². The highest BCUT2D eigenvalue weighted by Crippen LogP contribution is 2.07. The predicted molar refractivity (Wildman–Crippen MR) is 66.2 cm³/mol. The number of rotatable bonds is 6. The average molecular weight is 216 g/mol. The Balaban J connectivity index is 2.46. The van der Waals surface area contributed by atoms with Crippen LogP contribution in [-0.2, 0) is 4.74 Å². The third-order valence-electron chi connectivity index (χ3n) is 2.17. The van der Waals surface area contributed by atoms with E-state index >= 15 is 0 Å². The van der Waals surface area contributed by atoms with Gasteiger partial charge in [-0.1, -0.05) is 30.9 Å². The van der Waals surface area contributed by atoms with Gasteiger partial charge in [0.25, 0.3) is 0 Å². The van der Waals surface area contributed by atoms with Gasteiger partial charge in [-0.05, 0) is 30.5 Å². The summed E-state index contributed by atoms with van der Waals surface area (Å²) in [4.78, 5) is 11.5. The minimum atomic E-state index is -0.278. The first-order valence-corrected chi connectivity index (χ1v) is 5.28. The quantitative estimate of drug-likeness (QED) is 0.413. The summed E-state index contributed by atoms with van der Waals surface area (Å²) in [6, 6.07) is 7.17. The standard InChI is InChI=1S/C14H16O2/c1-3-5-6-11-16-14(15)13-9-7-12(4-2)8-10-13/h3-4,7-10H,1-2,5-6,11H2. The van der Waals surface area contributed by atoms with Gasteiger partial charge in [0.2, 0.25) is 0 Å². The number of benzene rings is 1. The summed E-state index contributed by atoms with van der Waals surface area (Å²) in [5.74, 6) is -0.278. The molecule has 0 N–H and O–H groups in total. The average Bonchev–Trinajstić information content (AvgIpc) is 2.34. The molecule has 0 saturated carbocycles. The summed E-state index contributed by atoms with van der Waals surface area (Å²) < 4.78 is 5.09. The molecule has 1 rings (SSSR count). The molecule has 0 aliphatic heterocycles. The second-order valence-electron chi connectivity index (χ2n) is 3.39. The molecule has 16 heavy (non-hydrogen) atoms. The Kier molecular flexibility index (Phi) is 5.06. The zero-order valence-electron chi connectivity index (χ0n) is 9.32. The van der Waals surface area contributed by atoms with Crippen molar-refractivity contribution in [3.63, 3.8) is 0 Å². The molecule has 0 unspecified atom stereocenters. The lowest BCUT2D eigenvalue weighted by molar-refractivity contribution is 0.0501. The maximum atomic E-state index is 11.5. The van der Waals surface area contributed by atoms with Gasteiger partial charge in [-0.3, -0.25) is 0 Å². The Morgan fingerprint density at radius 3 is 2.50 bits per heavy atom. The van der Waals surface area contributed by atoms with E-state index in [0.717, 1.165) is 18.4 Å². The lowest BCUT2D eigenvalue weighted by atomic mass is 10.1. The zero-order chi connectivity index (χ0) is 11.8. The van der Waals surface area contributed by atoms with Gasteiger partial charge in [-0.15, -0.1) is 6.58 Å². The van der Waals surface area contributed by atoms with E-state index in [4.69, 9.17) is 4.74 Å². The highest BCUT2D eigenvalue weighted by molar-refractivity contribution is 5.89. The van der Waals surface area contributed by atoms with Crippen molar-refractivity contribution in [1.29, 1.82) is 0 Å². The summed E-state index contributed by atoms with van der Waals surface area (Å²) >= 11 is 0. The molecule has 0 aliphatic rings. The van der Waals surface area contributed by atoms with Crippen LogP contribution in [-0.4, -0.2) is 12.6 Å². The Morgan fingerprint density at radius 1 is 1.25 bits per heavy atom. The summed E-state index contributed by atoms with van der Waals surface area (Å²) in [5, 5.41) is 0. The minimum Gasteiger partial charge on any atom is -0.462 e. The van der Waals surface area contributed by atoms with Crippen molar-refractivity contribution in [3.8, 4) is 0 Å². The van der Waals surface area contributed by atoms with Crippen molar-refractivity contribution in [1.82, 2.24) is 0 Å². The fourth-order valence-electron chi connectivity index (χ4n) is 1.23. The number of hydrogen-bond donors (Lipinski definition) is 0. The van der Waals surface area contributed by atoms with Crippen molar-refractivity contribution < 1.29 is 9.53 Å². The van der Waals surface area contributed by atoms with E-state index in [1.54, 1.807) is 18.2 Å². The molecule has 0 spiro atoms. The minimum absolute atomic E-state index is 0.278. The second-order valence-corrected chi connectivity index (χ2v) is 3.39. The first-order chi connectivity index (χ1) is 7.77. The van der Waals surface area contributed by atoms with E-state index in [-0.39, 0.29) is 5.97 Å². The van der Waals surface area contributed by atoms with Gasteiger partial charge in [0.1, 0.15) is 0 Å². The molecule has 0 aromatic heterocycles. The van der Waals surface area contributed by atoms with Gasteiger partial charge in [0.05, 0.1) is 12.2 Å². The van der Waals surface area contributed by atoms with Crippen LogP contribution in [0.4, 0.5) is 0 Å². The molecule has 2 nitrogen and oxygen atoms in total. The molecule has 0 amide bonds. The first-order valence-electron chi connectivity index (χ1n) is 5.28. The van der Waals surface area contributed by atoms with Gasteiger partial charge in [-0.2, -0.15) is 0 Å². The topological polar surface area (TPSA) is 26.3 Å². The largest absolute Gasteiger partial charge is 0.462 e. The molecular formula is C14H16O2. The van der Waals surface area contributed by atoms with Crippen molar-refractivity contribution in [2.75, 3.05) is 6.61 Å². The molecule has 84 valence electrons. The van der Waals surface area contributed by atoms with Crippen LogP contribution in [0.2, 0.25) is 0 Å². The normalized spacial score (nSPS) is 9.50. The molecule has 1 aromatic rings. The SMILES string of the molecule is C=CCCCOC(=O)c1ccc(C=C)cc1. The molecule has 1 aromatic carbocycles. The van der Waals surface area contributed by atoms with Gasteiger partial charge in [-0.25, -0.2) is 4.79 Å². The van der Waals surface area contributed by atoms with Crippen LogP contribution in [0, 0.1) is 0 Å². The third-order valence-corrected chi connectivity index (χ3v) is 2.17. The molecule has 0 aliphatic carbocycles. The number of allylic oxidation sites excluding steroid dienone is 1. The van der Waals surface area contributed by atoms with Crippen molar-refractivity contribution in [2.45, 2.75) is 12.8 Å². The van der Waals surface area contributed by atoms with Crippen molar-refractivity contribution >= 4 is 12.0 Å². The summed E-state index contributed by atoms with van der Waals surface area (Å²) in [5.41, 5.74) is 1.56. The highest BCUT2D eigenvalue weighted by Gasteiger charge is 2.05. The molecule has 2 heteroatoms. The number of esters is 1. The summed E-state index contributed by atoms with van der Waals surface area (Å²) in [6.45, 7) is 7.69. The Morgan fingerprint density at radius 2 is 1.94 bits per heavy atom. The number of ether oxygens (including phenoxy) is 1. The lowest BCUT2D eigenvalue weighted by Gasteiger charge is -2.03.